The number of nitrogens with one attached hydrogen (secondary N) is 2. The fraction of sp³-hybridized carbons (Fsp3) is 0.308. The van der Waals surface area contributed by atoms with Crippen LogP contribution < -0.4 is 10.6 Å². The Morgan fingerprint density at radius 1 is 1.40 bits per heavy atom. The van der Waals surface area contributed by atoms with Gasteiger partial charge in [-0.05, 0) is 30.7 Å². The fourth-order valence-corrected chi connectivity index (χ4v) is 2.15. The zero-order chi connectivity index (χ0) is 13.9. The van der Waals surface area contributed by atoms with E-state index in [1.807, 2.05) is 0 Å². The molecule has 0 aliphatic carbocycles. The average Bonchev–Trinajstić information content (AvgIpc) is 3.10. The molecule has 1 aliphatic rings. The van der Waals surface area contributed by atoms with E-state index in [0.717, 1.165) is 5.56 Å². The van der Waals surface area contributed by atoms with E-state index in [9.17, 15) is 9.90 Å². The van der Waals surface area contributed by atoms with Crippen molar-refractivity contribution in [2.24, 2.45) is 0 Å². The van der Waals surface area contributed by atoms with Crippen molar-refractivity contribution < 1.29 is 14.4 Å². The molecule has 1 fully saturated rings. The summed E-state index contributed by atoms with van der Waals surface area (Å²) in [5.74, 6) is 0.359. The predicted molar refractivity (Wildman–Crippen MR) is 70.8 cm³/mol. The molecule has 7 nitrogen and oxygen atoms in total. The molecular formula is C13H14N4O3. The zero-order valence-electron chi connectivity index (χ0n) is 10.6. The van der Waals surface area contributed by atoms with Crippen LogP contribution >= 0.6 is 0 Å². The largest absolute Gasteiger partial charge is 0.392 e. The summed E-state index contributed by atoms with van der Waals surface area (Å²) in [7, 11) is 0. The number of carbonyl (C=O) groups excluding carboxylic acids is 1. The lowest BCUT2D eigenvalue weighted by molar-refractivity contribution is -0.117. The first-order valence-corrected chi connectivity index (χ1v) is 6.31. The van der Waals surface area contributed by atoms with Gasteiger partial charge in [-0.15, -0.1) is 0 Å². The van der Waals surface area contributed by atoms with E-state index in [1.165, 1.54) is 6.39 Å². The molecule has 2 aromatic rings. The van der Waals surface area contributed by atoms with Gasteiger partial charge in [-0.25, -0.2) is 0 Å². The normalized spacial score (nSPS) is 21.9. The number of carbonyl (C=O) groups is 1. The summed E-state index contributed by atoms with van der Waals surface area (Å²) >= 11 is 0. The van der Waals surface area contributed by atoms with E-state index in [2.05, 4.69) is 25.3 Å². The summed E-state index contributed by atoms with van der Waals surface area (Å²) in [6.07, 6.45) is 1.25. The van der Waals surface area contributed by atoms with Crippen LogP contribution in [0.3, 0.4) is 0 Å². The molecule has 0 spiro atoms. The molecule has 2 heterocycles. The topological polar surface area (TPSA) is 100 Å². The summed E-state index contributed by atoms with van der Waals surface area (Å²) < 4.78 is 4.68. The third-order valence-corrected chi connectivity index (χ3v) is 3.20. The monoisotopic (exact) mass is 274 g/mol. The van der Waals surface area contributed by atoms with Gasteiger partial charge in [-0.1, -0.05) is 5.16 Å². The van der Waals surface area contributed by atoms with Crippen LogP contribution in [-0.2, 0) is 4.79 Å². The van der Waals surface area contributed by atoms with Crippen molar-refractivity contribution in [3.8, 4) is 11.4 Å². The number of amides is 1. The molecule has 1 aliphatic heterocycles. The van der Waals surface area contributed by atoms with Crippen LogP contribution in [0.2, 0.25) is 0 Å². The van der Waals surface area contributed by atoms with Crippen molar-refractivity contribution in [3.05, 3.63) is 30.7 Å². The molecule has 0 saturated carbocycles. The molecule has 1 aromatic carbocycles. The van der Waals surface area contributed by atoms with Gasteiger partial charge < -0.3 is 20.3 Å². The molecule has 104 valence electrons. The summed E-state index contributed by atoms with van der Waals surface area (Å²) in [5, 5.41) is 18.9. The minimum Gasteiger partial charge on any atom is -0.392 e. The molecule has 0 radical (unpaired) electrons. The highest BCUT2D eigenvalue weighted by Gasteiger charge is 2.27. The quantitative estimate of drug-likeness (QED) is 0.749. The Morgan fingerprint density at radius 3 is 2.80 bits per heavy atom. The van der Waals surface area contributed by atoms with Crippen molar-refractivity contribution >= 4 is 11.6 Å². The summed E-state index contributed by atoms with van der Waals surface area (Å²) in [6, 6.07) is 6.81. The molecule has 3 N–H and O–H groups in total. The van der Waals surface area contributed by atoms with Gasteiger partial charge in [0.15, 0.2) is 0 Å². The van der Waals surface area contributed by atoms with Crippen LogP contribution in [0.25, 0.3) is 11.4 Å². The molecular weight excluding hydrogens is 260 g/mol. The van der Waals surface area contributed by atoms with Gasteiger partial charge in [-0.3, -0.25) is 4.79 Å². The maximum absolute atomic E-state index is 11.9. The number of benzene rings is 1. The standard InChI is InChI=1S/C13H14N4O3/c18-10-5-11(14-6-10)13(19)16-9-3-1-8(2-4-9)12-15-7-20-17-12/h1-4,7,10-11,14,18H,5-6H2,(H,16,19). The van der Waals surface area contributed by atoms with Crippen molar-refractivity contribution in [2.75, 3.05) is 11.9 Å². The molecule has 2 unspecified atom stereocenters. The third kappa shape index (κ3) is 2.68. The Morgan fingerprint density at radius 2 is 2.20 bits per heavy atom. The Labute approximate surface area is 115 Å². The van der Waals surface area contributed by atoms with Crippen LogP contribution in [-0.4, -0.2) is 39.8 Å². The van der Waals surface area contributed by atoms with Crippen LogP contribution in [0.1, 0.15) is 6.42 Å². The van der Waals surface area contributed by atoms with Crippen LogP contribution in [0.4, 0.5) is 5.69 Å². The maximum atomic E-state index is 11.9. The molecule has 3 rings (SSSR count). The van der Waals surface area contributed by atoms with E-state index in [0.29, 0.717) is 24.5 Å². The van der Waals surface area contributed by atoms with Gasteiger partial charge in [0, 0.05) is 17.8 Å². The van der Waals surface area contributed by atoms with Gasteiger partial charge in [0.05, 0.1) is 12.1 Å². The van der Waals surface area contributed by atoms with E-state index in [4.69, 9.17) is 0 Å². The number of nitrogens with zero attached hydrogens (tertiary/aromatic N) is 2. The minimum atomic E-state index is -0.452. The number of hydrogen-bond donors (Lipinski definition) is 3. The zero-order valence-corrected chi connectivity index (χ0v) is 10.6. The Hall–Kier alpha value is -2.25. The Balaban J connectivity index is 1.65. The van der Waals surface area contributed by atoms with Gasteiger partial charge >= 0.3 is 0 Å². The molecule has 1 amide bonds. The second kappa shape index (κ2) is 5.40. The number of aliphatic hydroxyl groups excluding tert-OH is 1. The molecule has 20 heavy (non-hydrogen) atoms. The molecule has 2 atom stereocenters. The molecule has 1 saturated heterocycles. The van der Waals surface area contributed by atoms with E-state index in [-0.39, 0.29) is 11.9 Å². The van der Waals surface area contributed by atoms with E-state index >= 15 is 0 Å². The maximum Gasteiger partial charge on any atom is 0.241 e. The lowest BCUT2D eigenvalue weighted by Crippen LogP contribution is -2.35. The average molecular weight is 274 g/mol. The number of β-amino-alcohol motifs (C(OH)–C–C–N with tert-alkyl or cyclic N) is 1. The van der Waals surface area contributed by atoms with Crippen LogP contribution in [0.5, 0.6) is 0 Å². The number of hydrogen-bond acceptors (Lipinski definition) is 6. The lowest BCUT2D eigenvalue weighted by Gasteiger charge is -2.11. The summed E-state index contributed by atoms with van der Waals surface area (Å²) in [5.41, 5.74) is 1.50. The van der Waals surface area contributed by atoms with Crippen molar-refractivity contribution in [1.82, 2.24) is 15.5 Å². The number of rotatable bonds is 3. The van der Waals surface area contributed by atoms with Crippen molar-refractivity contribution in [2.45, 2.75) is 18.6 Å². The van der Waals surface area contributed by atoms with Crippen LogP contribution in [0.15, 0.2) is 35.2 Å². The van der Waals surface area contributed by atoms with Gasteiger partial charge in [-0.2, -0.15) is 4.98 Å². The van der Waals surface area contributed by atoms with Crippen molar-refractivity contribution in [1.29, 1.82) is 0 Å². The first kappa shape index (κ1) is 12.8. The summed E-state index contributed by atoms with van der Waals surface area (Å²) in [6.45, 7) is 0.453. The second-order valence-electron chi connectivity index (χ2n) is 4.67. The summed E-state index contributed by atoms with van der Waals surface area (Å²) in [4.78, 5) is 15.9. The highest BCUT2D eigenvalue weighted by atomic mass is 16.5. The predicted octanol–water partition coefficient (Wildman–Crippen LogP) is 0.398. The van der Waals surface area contributed by atoms with Gasteiger partial charge in [0.1, 0.15) is 0 Å². The minimum absolute atomic E-state index is 0.145. The lowest BCUT2D eigenvalue weighted by atomic mass is 10.1. The van der Waals surface area contributed by atoms with Gasteiger partial charge in [0.25, 0.3) is 0 Å². The number of aromatic nitrogens is 2. The fourth-order valence-electron chi connectivity index (χ4n) is 2.15. The first-order valence-electron chi connectivity index (χ1n) is 6.31. The molecule has 7 heteroatoms. The van der Waals surface area contributed by atoms with Crippen molar-refractivity contribution in [3.63, 3.8) is 0 Å². The SMILES string of the molecule is O=C(Nc1ccc(-c2ncon2)cc1)C1CC(O)CN1. The number of anilines is 1. The number of aliphatic hydroxyl groups is 1. The molecule has 1 aromatic heterocycles. The smallest absolute Gasteiger partial charge is 0.241 e. The third-order valence-electron chi connectivity index (χ3n) is 3.20. The Bertz CT molecular complexity index is 582. The van der Waals surface area contributed by atoms with E-state index < -0.39 is 6.10 Å². The first-order chi connectivity index (χ1) is 9.72. The Kier molecular flexibility index (Phi) is 3.44. The molecule has 0 bridgehead atoms. The van der Waals surface area contributed by atoms with Gasteiger partial charge in [0.2, 0.25) is 18.1 Å². The highest BCUT2D eigenvalue weighted by molar-refractivity contribution is 5.95. The highest BCUT2D eigenvalue weighted by Crippen LogP contribution is 2.18. The van der Waals surface area contributed by atoms with Crippen LogP contribution in [0, 0.1) is 0 Å². The van der Waals surface area contributed by atoms with E-state index in [1.54, 1.807) is 24.3 Å². The second-order valence-corrected chi connectivity index (χ2v) is 4.67.